The average molecular weight is 323 g/mol. The summed E-state index contributed by atoms with van der Waals surface area (Å²) in [6.07, 6.45) is 1.92. The Hall–Kier alpha value is -2.07. The molecule has 2 aromatic rings. The predicted octanol–water partition coefficient (Wildman–Crippen LogP) is 2.49. The summed E-state index contributed by atoms with van der Waals surface area (Å²) < 4.78 is 0. The van der Waals surface area contributed by atoms with Gasteiger partial charge in [-0.1, -0.05) is 34.8 Å². The number of carbonyl (C=O) groups is 1. The molecule has 2 rings (SSSR count). The number of aliphatic hydroxyl groups excluding tert-OH is 1. The molecular formula is C14H11ClN2O3S. The lowest BCUT2D eigenvalue weighted by molar-refractivity contribution is 0.102. The van der Waals surface area contributed by atoms with Gasteiger partial charge in [0.15, 0.2) is 5.13 Å². The molecule has 0 aliphatic carbocycles. The second kappa shape index (κ2) is 7.09. The van der Waals surface area contributed by atoms with Gasteiger partial charge in [-0.15, -0.1) is 0 Å². The molecule has 0 unspecified atom stereocenters. The number of aliphatic hydroxyl groups is 1. The van der Waals surface area contributed by atoms with E-state index in [4.69, 9.17) is 16.7 Å². The molecule has 0 fully saturated rings. The van der Waals surface area contributed by atoms with Crippen molar-refractivity contribution in [2.75, 3.05) is 11.9 Å². The van der Waals surface area contributed by atoms with Crippen LogP contribution < -0.4 is 5.32 Å². The van der Waals surface area contributed by atoms with Crippen LogP contribution in [0.2, 0.25) is 5.02 Å². The first kappa shape index (κ1) is 15.3. The maximum atomic E-state index is 12.0. The molecule has 1 aromatic carbocycles. The van der Waals surface area contributed by atoms with Crippen molar-refractivity contribution in [3.63, 3.8) is 0 Å². The van der Waals surface area contributed by atoms with Gasteiger partial charge < -0.3 is 10.2 Å². The van der Waals surface area contributed by atoms with Crippen molar-refractivity contribution in [1.29, 1.82) is 0 Å². The van der Waals surface area contributed by atoms with Crippen molar-refractivity contribution in [3.8, 4) is 17.6 Å². The Morgan fingerprint density at radius 3 is 3.00 bits per heavy atom. The zero-order valence-corrected chi connectivity index (χ0v) is 12.3. The topological polar surface area (TPSA) is 82.5 Å². The van der Waals surface area contributed by atoms with Gasteiger partial charge in [-0.05, 0) is 18.2 Å². The van der Waals surface area contributed by atoms with E-state index >= 15 is 0 Å². The van der Waals surface area contributed by atoms with Crippen molar-refractivity contribution in [2.45, 2.75) is 6.42 Å². The lowest BCUT2D eigenvalue weighted by Crippen LogP contribution is -2.11. The van der Waals surface area contributed by atoms with E-state index in [0.717, 1.165) is 0 Å². The number of phenols is 1. The first-order valence-corrected chi connectivity index (χ1v) is 7.15. The Bertz CT molecular complexity index is 718. The molecule has 0 atom stereocenters. The highest BCUT2D eigenvalue weighted by Crippen LogP contribution is 2.24. The summed E-state index contributed by atoms with van der Waals surface area (Å²) in [6, 6.07) is 4.25. The van der Waals surface area contributed by atoms with Gasteiger partial charge in [0.05, 0.1) is 23.2 Å². The molecule has 0 spiro atoms. The van der Waals surface area contributed by atoms with Crippen LogP contribution in [0, 0.1) is 11.8 Å². The van der Waals surface area contributed by atoms with E-state index in [0.29, 0.717) is 21.5 Å². The van der Waals surface area contributed by atoms with Crippen molar-refractivity contribution in [3.05, 3.63) is 39.9 Å². The second-order valence-corrected chi connectivity index (χ2v) is 5.39. The lowest BCUT2D eigenvalue weighted by Gasteiger charge is -2.04. The highest BCUT2D eigenvalue weighted by molar-refractivity contribution is 7.16. The van der Waals surface area contributed by atoms with Crippen LogP contribution in [0.4, 0.5) is 5.13 Å². The summed E-state index contributed by atoms with van der Waals surface area (Å²) in [5, 5.41) is 21.6. The fraction of sp³-hybridized carbons (Fsp3) is 0.143. The molecule has 1 aromatic heterocycles. The van der Waals surface area contributed by atoms with Crippen LogP contribution in [0.5, 0.6) is 5.75 Å². The van der Waals surface area contributed by atoms with Crippen LogP contribution in [0.1, 0.15) is 21.7 Å². The van der Waals surface area contributed by atoms with Crippen molar-refractivity contribution >= 4 is 34.0 Å². The second-order valence-electron chi connectivity index (χ2n) is 3.92. The summed E-state index contributed by atoms with van der Waals surface area (Å²) in [5.41, 5.74) is 0.113. The van der Waals surface area contributed by atoms with Gasteiger partial charge in [0, 0.05) is 11.4 Å². The molecule has 0 bridgehead atoms. The van der Waals surface area contributed by atoms with Crippen molar-refractivity contribution < 1.29 is 15.0 Å². The zero-order valence-electron chi connectivity index (χ0n) is 10.8. The normalized spacial score (nSPS) is 9.81. The van der Waals surface area contributed by atoms with Crippen LogP contribution in [0.3, 0.4) is 0 Å². The number of aromatic nitrogens is 1. The smallest absolute Gasteiger partial charge is 0.261 e. The minimum Gasteiger partial charge on any atom is -0.507 e. The summed E-state index contributed by atoms with van der Waals surface area (Å²) in [5.74, 6) is 4.92. The molecule has 0 aliphatic heterocycles. The molecule has 0 saturated heterocycles. The number of nitrogens with one attached hydrogen (secondary N) is 1. The first-order chi connectivity index (χ1) is 10.1. The summed E-state index contributed by atoms with van der Waals surface area (Å²) in [4.78, 5) is 16.7. The van der Waals surface area contributed by atoms with E-state index in [1.165, 1.54) is 35.7 Å². The van der Waals surface area contributed by atoms with Gasteiger partial charge in [0.1, 0.15) is 5.75 Å². The van der Waals surface area contributed by atoms with Gasteiger partial charge in [0.2, 0.25) is 0 Å². The molecule has 7 heteroatoms. The van der Waals surface area contributed by atoms with Crippen LogP contribution in [0.15, 0.2) is 24.4 Å². The zero-order chi connectivity index (χ0) is 15.2. The molecule has 3 N–H and O–H groups in total. The van der Waals surface area contributed by atoms with E-state index in [2.05, 4.69) is 22.1 Å². The molecule has 1 heterocycles. The number of nitrogens with zero attached hydrogens (tertiary/aromatic N) is 1. The van der Waals surface area contributed by atoms with E-state index in [-0.39, 0.29) is 17.9 Å². The number of halogens is 1. The third kappa shape index (κ3) is 4.20. The van der Waals surface area contributed by atoms with E-state index in [1.807, 2.05) is 0 Å². The Morgan fingerprint density at radius 2 is 2.29 bits per heavy atom. The third-order valence-corrected chi connectivity index (χ3v) is 3.44. The molecule has 5 nitrogen and oxygen atoms in total. The highest BCUT2D eigenvalue weighted by Gasteiger charge is 2.13. The van der Waals surface area contributed by atoms with Gasteiger partial charge in [0.25, 0.3) is 5.91 Å². The minimum absolute atomic E-state index is 0.00520. The Balaban J connectivity index is 2.08. The Kier molecular flexibility index (Phi) is 5.17. The van der Waals surface area contributed by atoms with Crippen LogP contribution in [-0.4, -0.2) is 27.7 Å². The van der Waals surface area contributed by atoms with Crippen LogP contribution in [-0.2, 0) is 0 Å². The summed E-state index contributed by atoms with van der Waals surface area (Å²) >= 11 is 6.92. The number of anilines is 1. The van der Waals surface area contributed by atoms with Gasteiger partial charge in [-0.2, -0.15) is 0 Å². The summed E-state index contributed by atoms with van der Waals surface area (Å²) in [6.45, 7) is 0.00520. The summed E-state index contributed by atoms with van der Waals surface area (Å²) in [7, 11) is 0. The molecule has 0 saturated carbocycles. The minimum atomic E-state index is -0.478. The van der Waals surface area contributed by atoms with Gasteiger partial charge >= 0.3 is 0 Å². The van der Waals surface area contributed by atoms with Crippen molar-refractivity contribution in [2.24, 2.45) is 0 Å². The quantitative estimate of drug-likeness (QED) is 0.758. The Morgan fingerprint density at radius 1 is 1.48 bits per heavy atom. The Labute approximate surface area is 130 Å². The monoisotopic (exact) mass is 322 g/mol. The first-order valence-electron chi connectivity index (χ1n) is 5.95. The number of benzene rings is 1. The fourth-order valence-electron chi connectivity index (χ4n) is 1.46. The number of carbonyl (C=O) groups excluding carboxylic acids is 1. The van der Waals surface area contributed by atoms with Gasteiger partial charge in [-0.3, -0.25) is 10.1 Å². The maximum Gasteiger partial charge on any atom is 0.261 e. The van der Waals surface area contributed by atoms with E-state index < -0.39 is 5.91 Å². The lowest BCUT2D eigenvalue weighted by atomic mass is 10.2. The molecule has 0 radical (unpaired) electrons. The van der Waals surface area contributed by atoms with Gasteiger partial charge in [-0.25, -0.2) is 4.98 Å². The molecule has 21 heavy (non-hydrogen) atoms. The molecule has 0 aliphatic rings. The van der Waals surface area contributed by atoms with E-state index in [9.17, 15) is 9.90 Å². The number of amides is 1. The van der Waals surface area contributed by atoms with Crippen LogP contribution in [0.25, 0.3) is 0 Å². The number of phenolic OH excluding ortho intramolecular Hbond substituents is 1. The number of hydrogen-bond acceptors (Lipinski definition) is 5. The van der Waals surface area contributed by atoms with E-state index in [1.54, 1.807) is 0 Å². The van der Waals surface area contributed by atoms with Crippen molar-refractivity contribution in [1.82, 2.24) is 4.98 Å². The average Bonchev–Trinajstić information content (AvgIpc) is 2.86. The number of rotatable bonds is 3. The number of hydrogen-bond donors (Lipinski definition) is 3. The molecule has 1 amide bonds. The number of thiazole rings is 1. The van der Waals surface area contributed by atoms with Crippen LogP contribution >= 0.6 is 22.9 Å². The maximum absolute atomic E-state index is 12.0. The largest absolute Gasteiger partial charge is 0.507 e. The number of aromatic hydroxyl groups is 1. The standard InChI is InChI=1S/C14H11ClN2O3S/c15-9-4-5-11(12(19)7-9)13(20)17-14-16-8-10(21-14)3-1-2-6-18/h4-5,7-8,18-19H,2,6H2,(H,16,17,20). The SMILES string of the molecule is O=C(Nc1ncc(C#CCCO)s1)c1ccc(Cl)cc1O. The molecular weight excluding hydrogens is 312 g/mol. The third-order valence-electron chi connectivity index (χ3n) is 2.38. The molecule has 108 valence electrons. The fourth-order valence-corrected chi connectivity index (χ4v) is 2.31. The predicted molar refractivity (Wildman–Crippen MR) is 81.8 cm³/mol. The highest BCUT2D eigenvalue weighted by atomic mass is 35.5.